The van der Waals surface area contributed by atoms with E-state index in [4.69, 9.17) is 10.2 Å². The average Bonchev–Trinajstić information content (AvgIpc) is 3.38. The quantitative estimate of drug-likeness (QED) is 0.541. The Morgan fingerprint density at radius 3 is 3.10 bits per heavy atom. The number of likely N-dealkylation sites (tertiary alicyclic amines) is 1. The van der Waals surface area contributed by atoms with E-state index >= 15 is 0 Å². The van der Waals surface area contributed by atoms with E-state index in [1.807, 2.05) is 53.3 Å². The average molecular weight is 385 g/mol. The van der Waals surface area contributed by atoms with Gasteiger partial charge < -0.3 is 9.47 Å². The SMILES string of the molecule is N#CCC(=O)N1CCCC(n2cnc3ccc(-c4cnn5ccccc45)nc32)C1. The van der Waals surface area contributed by atoms with E-state index < -0.39 is 0 Å². The van der Waals surface area contributed by atoms with Gasteiger partial charge in [0.05, 0.1) is 35.8 Å². The largest absolute Gasteiger partial charge is 0.340 e. The molecule has 1 amide bonds. The number of nitriles is 1. The minimum Gasteiger partial charge on any atom is -0.340 e. The van der Waals surface area contributed by atoms with Crippen LogP contribution in [-0.4, -0.2) is 48.0 Å². The summed E-state index contributed by atoms with van der Waals surface area (Å²) in [6.45, 7) is 1.28. The normalized spacial score (nSPS) is 16.9. The number of fused-ring (bicyclic) bond motifs is 2. The molecule has 4 aromatic heterocycles. The lowest BCUT2D eigenvalue weighted by atomic mass is 10.1. The van der Waals surface area contributed by atoms with E-state index in [0.717, 1.165) is 40.8 Å². The van der Waals surface area contributed by atoms with E-state index in [2.05, 4.69) is 14.6 Å². The van der Waals surface area contributed by atoms with Crippen LogP contribution in [0, 0.1) is 11.3 Å². The molecule has 0 aromatic carbocycles. The highest BCUT2D eigenvalue weighted by Crippen LogP contribution is 2.28. The smallest absolute Gasteiger partial charge is 0.236 e. The maximum absolute atomic E-state index is 12.2. The van der Waals surface area contributed by atoms with E-state index in [-0.39, 0.29) is 18.4 Å². The lowest BCUT2D eigenvalue weighted by molar-refractivity contribution is -0.131. The Kier molecular flexibility index (Phi) is 4.21. The summed E-state index contributed by atoms with van der Waals surface area (Å²) in [5, 5.41) is 13.2. The standard InChI is InChI=1S/C21H19N7O/c22-9-8-20(29)26-10-3-4-15(13-26)27-14-23-18-7-6-17(25-21(18)27)16-12-24-28-11-2-1-5-19(16)28/h1-2,5-7,11-12,14-15H,3-4,8,10,13H2. The molecule has 144 valence electrons. The maximum atomic E-state index is 12.2. The molecule has 1 aliphatic heterocycles. The van der Waals surface area contributed by atoms with Crippen LogP contribution in [0.2, 0.25) is 0 Å². The van der Waals surface area contributed by atoms with Crippen LogP contribution in [0.1, 0.15) is 25.3 Å². The predicted octanol–water partition coefficient (Wildman–Crippen LogP) is 2.82. The molecule has 0 radical (unpaired) electrons. The second-order valence-corrected chi connectivity index (χ2v) is 7.25. The molecule has 5 heterocycles. The Labute approximate surface area is 167 Å². The molecule has 4 aromatic rings. The molecule has 0 N–H and O–H groups in total. The van der Waals surface area contributed by atoms with Gasteiger partial charge in [0, 0.05) is 24.8 Å². The summed E-state index contributed by atoms with van der Waals surface area (Å²) in [7, 11) is 0. The van der Waals surface area contributed by atoms with Gasteiger partial charge in [-0.05, 0) is 37.1 Å². The third-order valence-corrected chi connectivity index (χ3v) is 5.50. The second kappa shape index (κ2) is 7.02. The van der Waals surface area contributed by atoms with Gasteiger partial charge in [0.1, 0.15) is 11.9 Å². The zero-order valence-corrected chi connectivity index (χ0v) is 15.8. The van der Waals surface area contributed by atoms with E-state index in [0.29, 0.717) is 13.1 Å². The highest BCUT2D eigenvalue weighted by Gasteiger charge is 2.26. The van der Waals surface area contributed by atoms with Gasteiger partial charge in [0.15, 0.2) is 5.65 Å². The van der Waals surface area contributed by atoms with Crippen molar-refractivity contribution in [2.45, 2.75) is 25.3 Å². The fourth-order valence-electron chi connectivity index (χ4n) is 4.05. The van der Waals surface area contributed by atoms with Gasteiger partial charge in [-0.2, -0.15) is 10.4 Å². The number of carbonyl (C=O) groups is 1. The molecular weight excluding hydrogens is 366 g/mol. The third kappa shape index (κ3) is 3.01. The molecule has 1 unspecified atom stereocenters. The van der Waals surface area contributed by atoms with Gasteiger partial charge in [0.25, 0.3) is 0 Å². The topological polar surface area (TPSA) is 92.1 Å². The first-order valence-corrected chi connectivity index (χ1v) is 9.65. The van der Waals surface area contributed by atoms with Gasteiger partial charge in [-0.3, -0.25) is 4.79 Å². The number of imidazole rings is 1. The van der Waals surface area contributed by atoms with Crippen molar-refractivity contribution in [1.29, 1.82) is 5.26 Å². The van der Waals surface area contributed by atoms with Crippen molar-refractivity contribution >= 4 is 22.6 Å². The second-order valence-electron chi connectivity index (χ2n) is 7.25. The monoisotopic (exact) mass is 385 g/mol. The van der Waals surface area contributed by atoms with E-state index in [1.165, 1.54) is 0 Å². The van der Waals surface area contributed by atoms with E-state index in [9.17, 15) is 4.79 Å². The van der Waals surface area contributed by atoms with Crippen molar-refractivity contribution in [2.75, 3.05) is 13.1 Å². The summed E-state index contributed by atoms with van der Waals surface area (Å²) in [5.41, 5.74) is 4.43. The van der Waals surface area contributed by atoms with Crippen molar-refractivity contribution in [3.63, 3.8) is 0 Å². The third-order valence-electron chi connectivity index (χ3n) is 5.50. The zero-order chi connectivity index (χ0) is 19.8. The Morgan fingerprint density at radius 1 is 1.28 bits per heavy atom. The number of carbonyl (C=O) groups excluding carboxylic acids is 1. The zero-order valence-electron chi connectivity index (χ0n) is 15.8. The van der Waals surface area contributed by atoms with Crippen LogP contribution < -0.4 is 0 Å². The highest BCUT2D eigenvalue weighted by molar-refractivity contribution is 5.82. The summed E-state index contributed by atoms with van der Waals surface area (Å²) in [5.74, 6) is -0.110. The fourth-order valence-corrected chi connectivity index (χ4v) is 4.05. The number of piperidine rings is 1. The van der Waals surface area contributed by atoms with Crippen LogP contribution in [0.3, 0.4) is 0 Å². The molecule has 0 spiro atoms. The number of hydrogen-bond donors (Lipinski definition) is 0. The molecule has 0 aliphatic carbocycles. The van der Waals surface area contributed by atoms with Crippen molar-refractivity contribution in [3.8, 4) is 17.3 Å². The molecule has 0 bridgehead atoms. The fraction of sp³-hybridized carbons (Fsp3) is 0.286. The molecule has 5 rings (SSSR count). The minimum atomic E-state index is -0.110. The molecule has 1 atom stereocenters. The van der Waals surface area contributed by atoms with Crippen molar-refractivity contribution in [1.82, 2.24) is 29.0 Å². The van der Waals surface area contributed by atoms with Gasteiger partial charge in [0.2, 0.25) is 5.91 Å². The number of amides is 1. The van der Waals surface area contributed by atoms with Gasteiger partial charge in [-0.15, -0.1) is 0 Å². The molecule has 1 fully saturated rings. The Morgan fingerprint density at radius 2 is 2.21 bits per heavy atom. The molecular formula is C21H19N7O. The predicted molar refractivity (Wildman–Crippen MR) is 107 cm³/mol. The number of hydrogen-bond acceptors (Lipinski definition) is 5. The Hall–Kier alpha value is -3.73. The lowest BCUT2D eigenvalue weighted by Crippen LogP contribution is -2.40. The summed E-state index contributed by atoms with van der Waals surface area (Å²) in [6, 6.07) is 11.9. The molecule has 29 heavy (non-hydrogen) atoms. The summed E-state index contributed by atoms with van der Waals surface area (Å²) < 4.78 is 3.90. The Balaban J connectivity index is 1.52. The Bertz CT molecular complexity index is 1250. The lowest BCUT2D eigenvalue weighted by Gasteiger charge is -2.33. The minimum absolute atomic E-state index is 0.0749. The molecule has 1 aliphatic rings. The van der Waals surface area contributed by atoms with E-state index in [1.54, 1.807) is 11.2 Å². The first kappa shape index (κ1) is 17.4. The van der Waals surface area contributed by atoms with Crippen molar-refractivity contribution < 1.29 is 4.79 Å². The molecule has 8 heteroatoms. The summed E-state index contributed by atoms with van der Waals surface area (Å²) >= 11 is 0. The van der Waals surface area contributed by atoms with Crippen LogP contribution in [0.5, 0.6) is 0 Å². The molecule has 8 nitrogen and oxygen atoms in total. The van der Waals surface area contributed by atoms with Gasteiger partial charge in [-0.1, -0.05) is 6.07 Å². The molecule has 0 saturated carbocycles. The van der Waals surface area contributed by atoms with Crippen LogP contribution >= 0.6 is 0 Å². The molecule has 1 saturated heterocycles. The van der Waals surface area contributed by atoms with Gasteiger partial charge in [-0.25, -0.2) is 14.5 Å². The maximum Gasteiger partial charge on any atom is 0.236 e. The first-order valence-electron chi connectivity index (χ1n) is 9.65. The first-order chi connectivity index (χ1) is 14.2. The van der Waals surface area contributed by atoms with Crippen LogP contribution in [-0.2, 0) is 4.79 Å². The summed E-state index contributed by atoms with van der Waals surface area (Å²) in [4.78, 5) is 23.3. The van der Waals surface area contributed by atoms with Crippen molar-refractivity contribution in [2.24, 2.45) is 0 Å². The van der Waals surface area contributed by atoms with Crippen LogP contribution in [0.25, 0.3) is 27.9 Å². The number of aromatic nitrogens is 5. The number of nitrogens with zero attached hydrogens (tertiary/aromatic N) is 7. The number of rotatable bonds is 3. The van der Waals surface area contributed by atoms with Crippen molar-refractivity contribution in [3.05, 3.63) is 49.1 Å². The summed E-state index contributed by atoms with van der Waals surface area (Å²) in [6.07, 6.45) is 7.32. The van der Waals surface area contributed by atoms with Crippen LogP contribution in [0.15, 0.2) is 49.1 Å². The highest BCUT2D eigenvalue weighted by atomic mass is 16.2. The number of pyridine rings is 2. The van der Waals surface area contributed by atoms with Gasteiger partial charge >= 0.3 is 0 Å². The van der Waals surface area contributed by atoms with Crippen LogP contribution in [0.4, 0.5) is 0 Å².